The van der Waals surface area contributed by atoms with Crippen LogP contribution < -0.4 is 5.32 Å². The Bertz CT molecular complexity index is 457. The lowest BCUT2D eigenvalue weighted by atomic mass is 9.84. The minimum Gasteiger partial charge on any atom is -0.349 e. The Kier molecular flexibility index (Phi) is 4.45. The molecule has 0 saturated heterocycles. The van der Waals surface area contributed by atoms with Crippen LogP contribution in [0.2, 0.25) is 0 Å². The molecular formula is C14H18F2N2O. The minimum atomic E-state index is -1.23. The lowest BCUT2D eigenvalue weighted by Gasteiger charge is -2.28. The third-order valence-corrected chi connectivity index (χ3v) is 3.85. The van der Waals surface area contributed by atoms with Crippen molar-refractivity contribution in [1.82, 2.24) is 10.3 Å². The first kappa shape index (κ1) is 13.9. The van der Waals surface area contributed by atoms with Crippen molar-refractivity contribution in [1.29, 1.82) is 0 Å². The molecule has 0 bridgehead atoms. The first-order valence-corrected chi connectivity index (χ1v) is 6.72. The number of hydrogen-bond acceptors (Lipinski definition) is 2. The number of halogens is 2. The summed E-state index contributed by atoms with van der Waals surface area (Å²) >= 11 is 0. The maximum Gasteiger partial charge on any atom is 0.254 e. The first-order chi connectivity index (χ1) is 9.11. The van der Waals surface area contributed by atoms with Gasteiger partial charge in [-0.1, -0.05) is 13.3 Å². The molecule has 0 atom stereocenters. The second-order valence-corrected chi connectivity index (χ2v) is 5.06. The molecule has 1 amide bonds. The highest BCUT2D eigenvalue weighted by molar-refractivity contribution is 5.94. The van der Waals surface area contributed by atoms with E-state index in [1.165, 1.54) is 6.07 Å². The molecule has 1 aliphatic rings. The van der Waals surface area contributed by atoms with Crippen LogP contribution in [0.15, 0.2) is 12.3 Å². The van der Waals surface area contributed by atoms with Crippen LogP contribution in [0.25, 0.3) is 0 Å². The van der Waals surface area contributed by atoms with Crippen molar-refractivity contribution in [3.8, 4) is 0 Å². The standard InChI is InChI=1S/C14H18F2N2O/c1-2-9-3-5-10(6-4-9)18-14(19)11-7-8-17-13(16)12(11)15/h7-10H,2-6H2,1H3,(H,18,19). The summed E-state index contributed by atoms with van der Waals surface area (Å²) in [6.45, 7) is 2.17. The summed E-state index contributed by atoms with van der Waals surface area (Å²) in [4.78, 5) is 15.1. The maximum atomic E-state index is 13.4. The molecule has 3 nitrogen and oxygen atoms in total. The lowest BCUT2D eigenvalue weighted by molar-refractivity contribution is 0.0916. The van der Waals surface area contributed by atoms with Crippen molar-refractivity contribution in [2.24, 2.45) is 5.92 Å². The molecule has 0 radical (unpaired) electrons. The Hall–Kier alpha value is -1.52. The monoisotopic (exact) mass is 268 g/mol. The number of nitrogens with zero attached hydrogens (tertiary/aromatic N) is 1. The minimum absolute atomic E-state index is 0.0610. The van der Waals surface area contributed by atoms with Gasteiger partial charge in [0, 0.05) is 12.2 Å². The number of pyridine rings is 1. The van der Waals surface area contributed by atoms with Crippen molar-refractivity contribution in [2.45, 2.75) is 45.1 Å². The number of nitrogens with one attached hydrogen (secondary N) is 1. The molecule has 1 saturated carbocycles. The molecule has 0 spiro atoms. The van der Waals surface area contributed by atoms with Gasteiger partial charge in [-0.2, -0.15) is 4.39 Å². The Labute approximate surface area is 111 Å². The van der Waals surface area contributed by atoms with Crippen LogP contribution in [-0.2, 0) is 0 Å². The highest BCUT2D eigenvalue weighted by Crippen LogP contribution is 2.26. The van der Waals surface area contributed by atoms with Gasteiger partial charge in [-0.15, -0.1) is 0 Å². The Morgan fingerprint density at radius 2 is 2.05 bits per heavy atom. The highest BCUT2D eigenvalue weighted by Gasteiger charge is 2.23. The summed E-state index contributed by atoms with van der Waals surface area (Å²) < 4.78 is 26.4. The van der Waals surface area contributed by atoms with Crippen molar-refractivity contribution in [2.75, 3.05) is 0 Å². The Morgan fingerprint density at radius 1 is 1.37 bits per heavy atom. The van der Waals surface area contributed by atoms with Crippen molar-refractivity contribution < 1.29 is 13.6 Å². The SMILES string of the molecule is CCC1CCC(NC(=O)c2ccnc(F)c2F)CC1. The zero-order valence-electron chi connectivity index (χ0n) is 11.0. The van der Waals surface area contributed by atoms with Crippen LogP contribution in [0.5, 0.6) is 0 Å². The van der Waals surface area contributed by atoms with Gasteiger partial charge in [0.1, 0.15) is 0 Å². The molecule has 1 N–H and O–H groups in total. The van der Waals surface area contributed by atoms with Crippen LogP contribution in [0.3, 0.4) is 0 Å². The molecule has 0 unspecified atom stereocenters. The van der Waals surface area contributed by atoms with E-state index < -0.39 is 17.7 Å². The molecule has 2 rings (SSSR count). The van der Waals surface area contributed by atoms with Crippen LogP contribution >= 0.6 is 0 Å². The van der Waals surface area contributed by atoms with Gasteiger partial charge in [0.15, 0.2) is 5.82 Å². The lowest BCUT2D eigenvalue weighted by Crippen LogP contribution is -2.38. The normalized spacial score (nSPS) is 23.1. The molecule has 0 aliphatic heterocycles. The van der Waals surface area contributed by atoms with Gasteiger partial charge >= 0.3 is 0 Å². The largest absolute Gasteiger partial charge is 0.349 e. The zero-order valence-corrected chi connectivity index (χ0v) is 11.0. The first-order valence-electron chi connectivity index (χ1n) is 6.72. The Morgan fingerprint density at radius 3 is 2.68 bits per heavy atom. The van der Waals surface area contributed by atoms with Gasteiger partial charge in [0.05, 0.1) is 5.56 Å². The number of carbonyl (C=O) groups is 1. The predicted molar refractivity (Wildman–Crippen MR) is 67.7 cm³/mol. The summed E-state index contributed by atoms with van der Waals surface area (Å²) in [6.07, 6.45) is 6.22. The van der Waals surface area contributed by atoms with Crippen LogP contribution in [0.1, 0.15) is 49.4 Å². The fourth-order valence-corrected chi connectivity index (χ4v) is 2.57. The number of carbonyl (C=O) groups excluding carboxylic acids is 1. The van der Waals surface area contributed by atoms with E-state index in [0.717, 1.165) is 44.2 Å². The van der Waals surface area contributed by atoms with Crippen LogP contribution in [0.4, 0.5) is 8.78 Å². The summed E-state index contributed by atoms with van der Waals surface area (Å²) in [5.41, 5.74) is -0.273. The predicted octanol–water partition coefficient (Wildman–Crippen LogP) is 3.06. The summed E-state index contributed by atoms with van der Waals surface area (Å²) in [5, 5.41) is 2.77. The quantitative estimate of drug-likeness (QED) is 0.856. The highest BCUT2D eigenvalue weighted by atomic mass is 19.2. The summed E-state index contributed by atoms with van der Waals surface area (Å²) in [7, 11) is 0. The van der Waals surface area contributed by atoms with Crippen molar-refractivity contribution in [3.63, 3.8) is 0 Å². The summed E-state index contributed by atoms with van der Waals surface area (Å²) in [6, 6.07) is 1.26. The fourth-order valence-electron chi connectivity index (χ4n) is 2.57. The average molecular weight is 268 g/mol. The third kappa shape index (κ3) is 3.28. The van der Waals surface area contributed by atoms with E-state index in [1.807, 2.05) is 0 Å². The molecular weight excluding hydrogens is 250 g/mol. The Balaban J connectivity index is 1.96. The van der Waals surface area contributed by atoms with E-state index in [-0.39, 0.29) is 11.6 Å². The average Bonchev–Trinajstić information content (AvgIpc) is 2.42. The van der Waals surface area contributed by atoms with E-state index >= 15 is 0 Å². The number of amides is 1. The van der Waals surface area contributed by atoms with Gasteiger partial charge in [-0.25, -0.2) is 9.37 Å². The molecule has 1 heterocycles. The summed E-state index contributed by atoms with van der Waals surface area (Å²) in [5.74, 6) is -2.24. The maximum absolute atomic E-state index is 13.4. The second kappa shape index (κ2) is 6.08. The van der Waals surface area contributed by atoms with Gasteiger partial charge < -0.3 is 5.32 Å². The van der Waals surface area contributed by atoms with E-state index in [2.05, 4.69) is 17.2 Å². The van der Waals surface area contributed by atoms with Crippen LogP contribution in [-0.4, -0.2) is 16.9 Å². The molecule has 104 valence electrons. The molecule has 1 aromatic heterocycles. The van der Waals surface area contributed by atoms with Gasteiger partial charge in [0.2, 0.25) is 5.95 Å². The number of rotatable bonds is 3. The van der Waals surface area contributed by atoms with E-state index in [1.54, 1.807) is 0 Å². The number of aromatic nitrogens is 1. The van der Waals surface area contributed by atoms with Gasteiger partial charge in [0.25, 0.3) is 5.91 Å². The molecule has 0 aromatic carbocycles. The van der Waals surface area contributed by atoms with E-state index in [0.29, 0.717) is 0 Å². The van der Waals surface area contributed by atoms with Crippen molar-refractivity contribution in [3.05, 3.63) is 29.6 Å². The van der Waals surface area contributed by atoms with E-state index in [4.69, 9.17) is 0 Å². The number of hydrogen-bond donors (Lipinski definition) is 1. The molecule has 1 fully saturated rings. The van der Waals surface area contributed by atoms with Crippen molar-refractivity contribution >= 4 is 5.91 Å². The molecule has 19 heavy (non-hydrogen) atoms. The second-order valence-electron chi connectivity index (χ2n) is 5.06. The molecule has 1 aliphatic carbocycles. The smallest absolute Gasteiger partial charge is 0.254 e. The van der Waals surface area contributed by atoms with E-state index in [9.17, 15) is 13.6 Å². The van der Waals surface area contributed by atoms with Crippen LogP contribution in [0, 0.1) is 17.7 Å². The van der Waals surface area contributed by atoms with Gasteiger partial charge in [-0.3, -0.25) is 4.79 Å². The third-order valence-electron chi connectivity index (χ3n) is 3.85. The fraction of sp³-hybridized carbons (Fsp3) is 0.571. The zero-order chi connectivity index (χ0) is 13.8. The van der Waals surface area contributed by atoms with Gasteiger partial charge in [-0.05, 0) is 37.7 Å². The molecule has 5 heteroatoms. The topological polar surface area (TPSA) is 42.0 Å². The molecule has 1 aromatic rings.